The minimum absolute atomic E-state index is 0.329. The topological polar surface area (TPSA) is 100 Å². The molecule has 0 unspecified atom stereocenters. The molecule has 27 heavy (non-hydrogen) atoms. The SMILES string of the molecule is CCCCCCCc1ccc(Oc2ccc(C(N)=O)cn2)c(OC)c1CN. The van der Waals surface area contributed by atoms with Gasteiger partial charge in [-0.2, -0.15) is 0 Å². The first-order chi connectivity index (χ1) is 13.1. The van der Waals surface area contributed by atoms with Crippen molar-refractivity contribution in [1.29, 1.82) is 0 Å². The number of nitrogens with zero attached hydrogens (tertiary/aromatic N) is 1. The van der Waals surface area contributed by atoms with Crippen LogP contribution >= 0.6 is 0 Å². The van der Waals surface area contributed by atoms with Crippen LogP contribution in [-0.4, -0.2) is 18.0 Å². The standard InChI is InChI=1S/C21H29N3O3/c1-3-4-5-6-7-8-15-9-11-18(20(26-2)17(15)13-22)27-19-12-10-16(14-24-19)21(23)25/h9-12,14H,3-8,13,22H2,1-2H3,(H2,23,25). The maximum Gasteiger partial charge on any atom is 0.250 e. The monoisotopic (exact) mass is 371 g/mol. The smallest absolute Gasteiger partial charge is 0.250 e. The van der Waals surface area contributed by atoms with E-state index in [4.69, 9.17) is 20.9 Å². The van der Waals surface area contributed by atoms with Gasteiger partial charge in [0.15, 0.2) is 11.5 Å². The molecular weight excluding hydrogens is 342 g/mol. The molecule has 0 radical (unpaired) electrons. The Hall–Kier alpha value is -2.60. The summed E-state index contributed by atoms with van der Waals surface area (Å²) in [5.41, 5.74) is 13.7. The Kier molecular flexibility index (Phi) is 8.07. The van der Waals surface area contributed by atoms with Crippen LogP contribution in [0.25, 0.3) is 0 Å². The van der Waals surface area contributed by atoms with E-state index in [9.17, 15) is 4.79 Å². The third kappa shape index (κ3) is 5.69. The highest BCUT2D eigenvalue weighted by Gasteiger charge is 2.15. The van der Waals surface area contributed by atoms with E-state index in [1.54, 1.807) is 19.2 Å². The predicted octanol–water partition coefficient (Wildman–Crippen LogP) is 3.95. The van der Waals surface area contributed by atoms with E-state index >= 15 is 0 Å². The Bertz CT molecular complexity index is 745. The number of unbranched alkanes of at least 4 members (excludes halogenated alkanes) is 4. The van der Waals surface area contributed by atoms with E-state index in [2.05, 4.69) is 11.9 Å². The van der Waals surface area contributed by atoms with Crippen LogP contribution in [0.5, 0.6) is 17.4 Å². The second-order valence-corrected chi connectivity index (χ2v) is 6.45. The number of pyridine rings is 1. The van der Waals surface area contributed by atoms with Crippen molar-refractivity contribution in [2.45, 2.75) is 52.0 Å². The van der Waals surface area contributed by atoms with Crippen molar-refractivity contribution in [3.63, 3.8) is 0 Å². The summed E-state index contributed by atoms with van der Waals surface area (Å²) in [7, 11) is 1.61. The number of amides is 1. The zero-order chi connectivity index (χ0) is 19.6. The first-order valence-corrected chi connectivity index (χ1v) is 9.43. The van der Waals surface area contributed by atoms with Crippen molar-refractivity contribution in [2.24, 2.45) is 11.5 Å². The molecule has 0 aliphatic heterocycles. The van der Waals surface area contributed by atoms with Gasteiger partial charge in [0.1, 0.15) is 0 Å². The molecule has 1 amide bonds. The Morgan fingerprint density at radius 1 is 1.11 bits per heavy atom. The number of primary amides is 1. The molecule has 1 aromatic heterocycles. The summed E-state index contributed by atoms with van der Waals surface area (Å²) in [5.74, 6) is 1.00. The molecule has 6 nitrogen and oxygen atoms in total. The number of carbonyl (C=O) groups is 1. The van der Waals surface area contributed by atoms with Gasteiger partial charge in [-0.1, -0.05) is 38.7 Å². The molecule has 1 heterocycles. The molecule has 0 aliphatic rings. The second kappa shape index (κ2) is 10.5. The molecule has 1 aromatic carbocycles. The van der Waals surface area contributed by atoms with E-state index in [0.717, 1.165) is 18.4 Å². The quantitative estimate of drug-likeness (QED) is 0.582. The van der Waals surface area contributed by atoms with E-state index in [-0.39, 0.29) is 0 Å². The van der Waals surface area contributed by atoms with Gasteiger partial charge in [-0.3, -0.25) is 4.79 Å². The van der Waals surface area contributed by atoms with Crippen molar-refractivity contribution >= 4 is 5.91 Å². The van der Waals surface area contributed by atoms with Crippen LogP contribution in [0.4, 0.5) is 0 Å². The predicted molar refractivity (Wildman–Crippen MR) is 106 cm³/mol. The molecule has 6 heteroatoms. The number of aromatic nitrogens is 1. The van der Waals surface area contributed by atoms with Gasteiger partial charge in [0, 0.05) is 24.4 Å². The van der Waals surface area contributed by atoms with Gasteiger partial charge in [0.2, 0.25) is 11.8 Å². The van der Waals surface area contributed by atoms with Gasteiger partial charge < -0.3 is 20.9 Å². The van der Waals surface area contributed by atoms with Crippen molar-refractivity contribution in [3.8, 4) is 17.4 Å². The number of methoxy groups -OCH3 is 1. The maximum atomic E-state index is 11.1. The summed E-state index contributed by atoms with van der Waals surface area (Å²) < 4.78 is 11.4. The van der Waals surface area contributed by atoms with Crippen LogP contribution in [0.2, 0.25) is 0 Å². The molecule has 4 N–H and O–H groups in total. The number of aryl methyl sites for hydroxylation is 1. The van der Waals surface area contributed by atoms with Crippen LogP contribution in [0.15, 0.2) is 30.5 Å². The zero-order valence-corrected chi connectivity index (χ0v) is 16.2. The molecule has 0 saturated heterocycles. The van der Waals surface area contributed by atoms with E-state index in [0.29, 0.717) is 29.5 Å². The summed E-state index contributed by atoms with van der Waals surface area (Å²) in [4.78, 5) is 15.3. The number of ether oxygens (including phenoxy) is 2. The lowest BCUT2D eigenvalue weighted by Crippen LogP contribution is -2.11. The van der Waals surface area contributed by atoms with Gasteiger partial charge in [0.25, 0.3) is 0 Å². The highest BCUT2D eigenvalue weighted by atomic mass is 16.5. The lowest BCUT2D eigenvalue weighted by Gasteiger charge is -2.17. The van der Waals surface area contributed by atoms with Crippen molar-refractivity contribution in [1.82, 2.24) is 4.98 Å². The third-order valence-corrected chi connectivity index (χ3v) is 4.51. The number of carbonyl (C=O) groups excluding carboxylic acids is 1. The number of hydrogen-bond acceptors (Lipinski definition) is 5. The summed E-state index contributed by atoms with van der Waals surface area (Å²) in [6.45, 7) is 2.59. The lowest BCUT2D eigenvalue weighted by molar-refractivity contribution is 0.1000. The summed E-state index contributed by atoms with van der Waals surface area (Å²) in [6, 6.07) is 7.09. The van der Waals surface area contributed by atoms with Crippen molar-refractivity contribution in [2.75, 3.05) is 7.11 Å². The zero-order valence-electron chi connectivity index (χ0n) is 16.2. The molecule has 0 bridgehead atoms. The molecule has 2 rings (SSSR count). The van der Waals surface area contributed by atoms with Gasteiger partial charge in [0.05, 0.1) is 12.7 Å². The first kappa shape index (κ1) is 20.7. The van der Waals surface area contributed by atoms with Gasteiger partial charge >= 0.3 is 0 Å². The maximum absolute atomic E-state index is 11.1. The van der Waals surface area contributed by atoms with Crippen LogP contribution in [0.3, 0.4) is 0 Å². The number of rotatable bonds is 11. The molecule has 0 aliphatic carbocycles. The molecule has 0 saturated carbocycles. The van der Waals surface area contributed by atoms with Crippen LogP contribution in [0.1, 0.15) is 60.5 Å². The summed E-state index contributed by atoms with van der Waals surface area (Å²) in [6.07, 6.45) is 8.49. The van der Waals surface area contributed by atoms with E-state index in [1.165, 1.54) is 37.4 Å². The fourth-order valence-corrected chi connectivity index (χ4v) is 3.03. The highest BCUT2D eigenvalue weighted by molar-refractivity contribution is 5.92. The molecule has 2 aromatic rings. The second-order valence-electron chi connectivity index (χ2n) is 6.45. The van der Waals surface area contributed by atoms with Crippen LogP contribution in [-0.2, 0) is 13.0 Å². The average molecular weight is 371 g/mol. The molecular formula is C21H29N3O3. The van der Waals surface area contributed by atoms with E-state index in [1.807, 2.05) is 12.1 Å². The van der Waals surface area contributed by atoms with Crippen LogP contribution in [0, 0.1) is 0 Å². The minimum Gasteiger partial charge on any atom is -0.492 e. The number of nitrogens with two attached hydrogens (primary N) is 2. The molecule has 0 atom stereocenters. The molecule has 146 valence electrons. The van der Waals surface area contributed by atoms with Crippen molar-refractivity contribution in [3.05, 3.63) is 47.2 Å². The van der Waals surface area contributed by atoms with Gasteiger partial charge in [-0.15, -0.1) is 0 Å². The largest absolute Gasteiger partial charge is 0.492 e. The molecule has 0 spiro atoms. The normalized spacial score (nSPS) is 10.6. The first-order valence-electron chi connectivity index (χ1n) is 9.43. The number of benzene rings is 1. The van der Waals surface area contributed by atoms with Gasteiger partial charge in [-0.25, -0.2) is 4.98 Å². The Morgan fingerprint density at radius 3 is 2.48 bits per heavy atom. The molecule has 0 fully saturated rings. The Morgan fingerprint density at radius 2 is 1.89 bits per heavy atom. The fourth-order valence-electron chi connectivity index (χ4n) is 3.03. The summed E-state index contributed by atoms with van der Waals surface area (Å²) in [5, 5.41) is 0. The summed E-state index contributed by atoms with van der Waals surface area (Å²) >= 11 is 0. The lowest BCUT2D eigenvalue weighted by atomic mass is 9.99. The third-order valence-electron chi connectivity index (χ3n) is 4.51. The van der Waals surface area contributed by atoms with E-state index < -0.39 is 5.91 Å². The number of hydrogen-bond donors (Lipinski definition) is 2. The highest BCUT2D eigenvalue weighted by Crippen LogP contribution is 2.36. The van der Waals surface area contributed by atoms with Crippen molar-refractivity contribution < 1.29 is 14.3 Å². The fraction of sp³-hybridized carbons (Fsp3) is 0.429. The van der Waals surface area contributed by atoms with Crippen LogP contribution < -0.4 is 20.9 Å². The Labute approximate surface area is 160 Å². The van der Waals surface area contributed by atoms with Gasteiger partial charge in [-0.05, 0) is 30.5 Å². The average Bonchev–Trinajstić information content (AvgIpc) is 2.68. The Balaban J connectivity index is 2.15. The minimum atomic E-state index is -0.527.